The smallest absolute Gasteiger partial charge is 0.255 e. The van der Waals surface area contributed by atoms with Crippen LogP contribution < -0.4 is 15.1 Å². The summed E-state index contributed by atoms with van der Waals surface area (Å²) in [6.45, 7) is 6.44. The summed E-state index contributed by atoms with van der Waals surface area (Å²) in [5, 5.41) is 11.5. The number of hydrogen-bond acceptors (Lipinski definition) is 7. The van der Waals surface area contributed by atoms with Gasteiger partial charge in [-0.3, -0.25) is 24.6 Å². The molecule has 3 saturated heterocycles. The van der Waals surface area contributed by atoms with E-state index < -0.39 is 6.04 Å². The normalized spacial score (nSPS) is 22.6. The Bertz CT molecular complexity index is 1260. The van der Waals surface area contributed by atoms with Crippen LogP contribution in [0.2, 0.25) is 0 Å². The second-order valence-corrected chi connectivity index (χ2v) is 11.7. The van der Waals surface area contributed by atoms with Gasteiger partial charge in [0.25, 0.3) is 5.91 Å². The van der Waals surface area contributed by atoms with Gasteiger partial charge in [0.05, 0.1) is 6.61 Å². The van der Waals surface area contributed by atoms with Gasteiger partial charge in [0.15, 0.2) is 0 Å². The van der Waals surface area contributed by atoms with Crippen molar-refractivity contribution in [3.8, 4) is 0 Å². The number of carbonyl (C=O) groups excluding carboxylic acids is 3. The molecule has 4 heterocycles. The summed E-state index contributed by atoms with van der Waals surface area (Å²) in [7, 11) is 2.00. The molecule has 0 aliphatic carbocycles. The molecular formula is C30H37N5O4. The Morgan fingerprint density at radius 1 is 1.05 bits per heavy atom. The fourth-order valence-electron chi connectivity index (χ4n) is 6.60. The summed E-state index contributed by atoms with van der Waals surface area (Å²) in [6.07, 6.45) is 3.03. The molecule has 0 saturated carbocycles. The second-order valence-electron chi connectivity index (χ2n) is 11.7. The van der Waals surface area contributed by atoms with E-state index in [2.05, 4.69) is 50.3 Å². The van der Waals surface area contributed by atoms with Crippen LogP contribution in [0.5, 0.6) is 0 Å². The first kappa shape index (κ1) is 25.8. The van der Waals surface area contributed by atoms with Crippen LogP contribution in [-0.4, -0.2) is 85.0 Å². The zero-order valence-corrected chi connectivity index (χ0v) is 22.6. The van der Waals surface area contributed by atoms with Crippen molar-refractivity contribution in [2.75, 3.05) is 56.2 Å². The lowest BCUT2D eigenvalue weighted by Crippen LogP contribution is -2.60. The number of nitrogens with zero attached hydrogens (tertiary/aromatic N) is 4. The van der Waals surface area contributed by atoms with Gasteiger partial charge in [-0.15, -0.1) is 0 Å². The summed E-state index contributed by atoms with van der Waals surface area (Å²) < 4.78 is 0. The summed E-state index contributed by atoms with van der Waals surface area (Å²) >= 11 is 0. The molecule has 39 heavy (non-hydrogen) atoms. The molecule has 0 bridgehead atoms. The van der Waals surface area contributed by atoms with E-state index in [0.717, 1.165) is 49.7 Å². The number of nitrogens with one attached hydrogen (secondary N) is 1. The summed E-state index contributed by atoms with van der Waals surface area (Å²) in [5.41, 5.74) is 5.58. The van der Waals surface area contributed by atoms with E-state index in [0.29, 0.717) is 30.5 Å². The number of likely N-dealkylation sites (tertiary alicyclic amines) is 1. The minimum atomic E-state index is -0.575. The fourth-order valence-corrected chi connectivity index (χ4v) is 6.60. The van der Waals surface area contributed by atoms with Crippen LogP contribution in [0.3, 0.4) is 0 Å². The van der Waals surface area contributed by atoms with E-state index in [9.17, 15) is 14.4 Å². The molecule has 9 nitrogen and oxygen atoms in total. The van der Waals surface area contributed by atoms with Gasteiger partial charge in [-0.2, -0.15) is 0 Å². The maximum Gasteiger partial charge on any atom is 0.255 e. The van der Waals surface area contributed by atoms with E-state index in [1.807, 2.05) is 19.2 Å². The molecular weight excluding hydrogens is 494 g/mol. The van der Waals surface area contributed by atoms with Crippen molar-refractivity contribution in [2.24, 2.45) is 5.41 Å². The van der Waals surface area contributed by atoms with Crippen LogP contribution in [0.4, 0.5) is 11.4 Å². The van der Waals surface area contributed by atoms with Crippen molar-refractivity contribution in [1.29, 1.82) is 0 Å². The Hall–Kier alpha value is -3.43. The van der Waals surface area contributed by atoms with Gasteiger partial charge in [-0.05, 0) is 73.8 Å². The number of aliphatic hydroxyl groups excluding tert-OH is 1. The first-order valence-electron chi connectivity index (χ1n) is 14.0. The number of anilines is 2. The molecule has 9 heteroatoms. The number of rotatable bonds is 7. The van der Waals surface area contributed by atoms with Crippen molar-refractivity contribution in [2.45, 2.75) is 44.8 Å². The first-order chi connectivity index (χ1) is 18.8. The number of imide groups is 1. The van der Waals surface area contributed by atoms with Gasteiger partial charge < -0.3 is 19.8 Å². The lowest BCUT2D eigenvalue weighted by atomic mass is 9.71. The number of aliphatic hydroxyl groups is 1. The van der Waals surface area contributed by atoms with Gasteiger partial charge >= 0.3 is 0 Å². The van der Waals surface area contributed by atoms with Crippen molar-refractivity contribution in [3.05, 3.63) is 59.2 Å². The van der Waals surface area contributed by atoms with E-state index in [-0.39, 0.29) is 30.7 Å². The van der Waals surface area contributed by atoms with Gasteiger partial charge in [-0.1, -0.05) is 12.1 Å². The van der Waals surface area contributed by atoms with Crippen LogP contribution >= 0.6 is 0 Å². The van der Waals surface area contributed by atoms with Gasteiger partial charge in [0.1, 0.15) is 6.04 Å². The van der Waals surface area contributed by atoms with E-state index in [4.69, 9.17) is 5.11 Å². The molecule has 2 aromatic rings. The largest absolute Gasteiger partial charge is 0.395 e. The highest BCUT2D eigenvalue weighted by Gasteiger charge is 2.45. The molecule has 2 aromatic carbocycles. The van der Waals surface area contributed by atoms with Gasteiger partial charge in [0, 0.05) is 68.5 Å². The predicted octanol–water partition coefficient (Wildman–Crippen LogP) is 1.98. The maximum absolute atomic E-state index is 13.0. The molecule has 206 valence electrons. The molecule has 1 spiro atoms. The molecule has 2 N–H and O–H groups in total. The quantitative estimate of drug-likeness (QED) is 0.528. The molecule has 3 amide bonds. The average molecular weight is 532 g/mol. The standard InChI is InChI=1S/C30H37N5O4/c1-32(14-15-36)23-4-2-21(3-5-23)17-33-12-10-30(11-13-33)19-34(20-30)24-6-7-25-22(16-24)18-35(29(25)39)26-8-9-27(37)31-28(26)38/h2-7,16,26,36H,8-15,17-20H2,1H3,(H,31,37,38). The lowest BCUT2D eigenvalue weighted by molar-refractivity contribution is -0.136. The Kier molecular flexibility index (Phi) is 6.81. The third-order valence-corrected chi connectivity index (χ3v) is 9.06. The Labute approximate surface area is 229 Å². The van der Waals surface area contributed by atoms with Crippen molar-refractivity contribution in [1.82, 2.24) is 15.1 Å². The van der Waals surface area contributed by atoms with Crippen molar-refractivity contribution >= 4 is 29.1 Å². The number of hydrogen-bond donors (Lipinski definition) is 2. The molecule has 1 unspecified atom stereocenters. The van der Waals surface area contributed by atoms with Crippen LogP contribution in [0.15, 0.2) is 42.5 Å². The second kappa shape index (κ2) is 10.3. The number of benzene rings is 2. The van der Waals surface area contributed by atoms with Gasteiger partial charge in [0.2, 0.25) is 11.8 Å². The Morgan fingerprint density at radius 2 is 1.79 bits per heavy atom. The predicted molar refractivity (Wildman–Crippen MR) is 148 cm³/mol. The molecule has 6 rings (SSSR count). The average Bonchev–Trinajstić information content (AvgIpc) is 3.23. The molecule has 4 aliphatic rings. The highest BCUT2D eigenvalue weighted by molar-refractivity contribution is 6.05. The Balaban J connectivity index is 1.01. The monoisotopic (exact) mass is 531 g/mol. The van der Waals surface area contributed by atoms with Crippen LogP contribution in [0.1, 0.15) is 47.2 Å². The maximum atomic E-state index is 13.0. The molecule has 3 fully saturated rings. The van der Waals surface area contributed by atoms with Crippen molar-refractivity contribution in [3.63, 3.8) is 0 Å². The summed E-state index contributed by atoms with van der Waals surface area (Å²) in [6, 6.07) is 14.1. The van der Waals surface area contributed by atoms with E-state index in [1.165, 1.54) is 18.4 Å². The van der Waals surface area contributed by atoms with Crippen LogP contribution in [0, 0.1) is 5.41 Å². The molecule has 4 aliphatic heterocycles. The highest BCUT2D eigenvalue weighted by atomic mass is 16.3. The third-order valence-electron chi connectivity index (χ3n) is 9.06. The molecule has 0 radical (unpaired) electrons. The zero-order valence-electron chi connectivity index (χ0n) is 22.6. The molecule has 1 atom stereocenters. The third kappa shape index (κ3) is 5.01. The van der Waals surface area contributed by atoms with Crippen molar-refractivity contribution < 1.29 is 19.5 Å². The van der Waals surface area contributed by atoms with Crippen LogP contribution in [0.25, 0.3) is 0 Å². The SMILES string of the molecule is CN(CCO)c1ccc(CN2CCC3(CC2)CN(c2ccc4c(c2)CN(C2CCC(=O)NC2=O)C4=O)C3)cc1. The molecule has 0 aromatic heterocycles. The number of amides is 3. The topological polar surface area (TPSA) is 96.4 Å². The van der Waals surface area contributed by atoms with E-state index >= 15 is 0 Å². The number of fused-ring (bicyclic) bond motifs is 1. The minimum Gasteiger partial charge on any atom is -0.395 e. The summed E-state index contributed by atoms with van der Waals surface area (Å²) in [5.74, 6) is -0.756. The van der Waals surface area contributed by atoms with Crippen LogP contribution in [-0.2, 0) is 22.7 Å². The highest BCUT2D eigenvalue weighted by Crippen LogP contribution is 2.43. The van der Waals surface area contributed by atoms with E-state index in [1.54, 1.807) is 4.90 Å². The first-order valence-corrected chi connectivity index (χ1v) is 14.0. The number of likely N-dealkylation sites (N-methyl/N-ethyl adjacent to an activating group) is 1. The fraction of sp³-hybridized carbons (Fsp3) is 0.500. The van der Waals surface area contributed by atoms with Gasteiger partial charge in [-0.25, -0.2) is 0 Å². The number of carbonyl (C=O) groups is 3. The zero-order chi connectivity index (χ0) is 27.1. The Morgan fingerprint density at radius 3 is 2.49 bits per heavy atom. The minimum absolute atomic E-state index is 0.120. The lowest BCUT2D eigenvalue weighted by Gasteiger charge is -2.55. The summed E-state index contributed by atoms with van der Waals surface area (Å²) in [4.78, 5) is 45.5. The number of piperidine rings is 2.